The largest absolute Gasteiger partial charge is 0.339 e. The van der Waals surface area contributed by atoms with E-state index in [2.05, 4.69) is 25.7 Å². The van der Waals surface area contributed by atoms with Crippen molar-refractivity contribution in [1.82, 2.24) is 4.90 Å². The van der Waals surface area contributed by atoms with Crippen LogP contribution in [-0.4, -0.2) is 23.4 Å². The monoisotopic (exact) mass is 281 g/mol. The zero-order valence-corrected chi connectivity index (χ0v) is 14.3. The van der Waals surface area contributed by atoms with Crippen LogP contribution in [0.1, 0.15) is 79.6 Å². The number of rotatable bonds is 3. The van der Waals surface area contributed by atoms with Crippen molar-refractivity contribution in [3.8, 4) is 0 Å². The molecule has 2 heteroatoms. The molecular formula is C18H35NO. The van der Waals surface area contributed by atoms with Crippen LogP contribution >= 0.6 is 0 Å². The van der Waals surface area contributed by atoms with Gasteiger partial charge < -0.3 is 4.90 Å². The highest BCUT2D eigenvalue weighted by Crippen LogP contribution is 2.32. The van der Waals surface area contributed by atoms with E-state index in [0.717, 1.165) is 18.9 Å². The van der Waals surface area contributed by atoms with Gasteiger partial charge in [0, 0.05) is 19.0 Å². The van der Waals surface area contributed by atoms with Crippen LogP contribution in [0.15, 0.2) is 0 Å². The topological polar surface area (TPSA) is 20.3 Å². The highest BCUT2D eigenvalue weighted by Gasteiger charge is 2.32. The molecule has 0 aromatic heterocycles. The minimum Gasteiger partial charge on any atom is -0.339 e. The molecule has 2 rings (SSSR count). The van der Waals surface area contributed by atoms with Crippen LogP contribution in [0.25, 0.3) is 0 Å². The van der Waals surface area contributed by atoms with Crippen molar-refractivity contribution in [2.24, 2.45) is 17.8 Å². The number of carbonyl (C=O) groups excluding carboxylic acids is 1. The number of hydrogen-bond donors (Lipinski definition) is 0. The fourth-order valence-electron chi connectivity index (χ4n) is 3.69. The molecule has 0 aromatic carbocycles. The molecule has 2 aliphatic rings. The Hall–Kier alpha value is -0.530. The highest BCUT2D eigenvalue weighted by atomic mass is 16.2. The molecule has 1 amide bonds. The first-order valence-corrected chi connectivity index (χ1v) is 8.87. The van der Waals surface area contributed by atoms with Gasteiger partial charge >= 0.3 is 0 Å². The second-order valence-electron chi connectivity index (χ2n) is 6.87. The van der Waals surface area contributed by atoms with Gasteiger partial charge in [-0.2, -0.15) is 0 Å². The van der Waals surface area contributed by atoms with Crippen LogP contribution in [0, 0.1) is 17.8 Å². The lowest BCUT2D eigenvalue weighted by molar-refractivity contribution is -0.134. The Labute approximate surface area is 126 Å². The Balaban J connectivity index is 0.000000956. The van der Waals surface area contributed by atoms with Crippen molar-refractivity contribution >= 4 is 5.91 Å². The third kappa shape index (κ3) is 4.79. The van der Waals surface area contributed by atoms with Gasteiger partial charge in [-0.05, 0) is 43.4 Å². The maximum Gasteiger partial charge on any atom is 0.223 e. The number of hydrogen-bond acceptors (Lipinski definition) is 1. The minimum atomic E-state index is 0.436. The van der Waals surface area contributed by atoms with E-state index in [0.29, 0.717) is 23.8 Å². The molecule has 1 saturated carbocycles. The Bertz CT molecular complexity index is 279. The zero-order chi connectivity index (χ0) is 15.1. The normalized spacial score (nSPS) is 30.1. The van der Waals surface area contributed by atoms with Crippen molar-refractivity contribution in [1.29, 1.82) is 0 Å². The van der Waals surface area contributed by atoms with Crippen LogP contribution in [0.4, 0.5) is 0 Å². The maximum absolute atomic E-state index is 12.4. The lowest BCUT2D eigenvalue weighted by atomic mass is 9.81. The standard InChI is InChI=1S/C16H29NO.C2H6/c1-12(2)15-5-4-10-17(15)16(18)11-14-8-6-13(3)7-9-14;1-2/h12-15H,4-11H2,1-3H3;1-2H3. The van der Waals surface area contributed by atoms with Gasteiger partial charge in [-0.25, -0.2) is 0 Å². The van der Waals surface area contributed by atoms with E-state index in [4.69, 9.17) is 0 Å². The van der Waals surface area contributed by atoms with Gasteiger partial charge in [-0.15, -0.1) is 0 Å². The Morgan fingerprint density at radius 2 is 1.70 bits per heavy atom. The smallest absolute Gasteiger partial charge is 0.223 e. The lowest BCUT2D eigenvalue weighted by Crippen LogP contribution is -2.39. The van der Waals surface area contributed by atoms with Crippen LogP contribution < -0.4 is 0 Å². The van der Waals surface area contributed by atoms with Crippen molar-refractivity contribution in [2.75, 3.05) is 6.54 Å². The Morgan fingerprint density at radius 1 is 1.10 bits per heavy atom. The van der Waals surface area contributed by atoms with Gasteiger partial charge in [0.1, 0.15) is 0 Å². The average Bonchev–Trinajstić information content (AvgIpc) is 2.93. The summed E-state index contributed by atoms with van der Waals surface area (Å²) in [5.74, 6) is 2.60. The first-order chi connectivity index (χ1) is 9.58. The van der Waals surface area contributed by atoms with Gasteiger partial charge in [-0.3, -0.25) is 4.79 Å². The molecule has 1 heterocycles. The molecule has 0 aromatic rings. The molecule has 2 fully saturated rings. The molecule has 1 aliphatic heterocycles. The minimum absolute atomic E-state index is 0.436. The summed E-state index contributed by atoms with van der Waals surface area (Å²) in [6, 6.07) is 0.514. The summed E-state index contributed by atoms with van der Waals surface area (Å²) in [5.41, 5.74) is 0. The van der Waals surface area contributed by atoms with Gasteiger partial charge in [0.05, 0.1) is 0 Å². The maximum atomic E-state index is 12.4. The molecule has 118 valence electrons. The first-order valence-electron chi connectivity index (χ1n) is 8.87. The molecule has 0 radical (unpaired) electrons. The Kier molecular flexibility index (Phi) is 7.61. The van der Waals surface area contributed by atoms with Gasteiger partial charge in [0.15, 0.2) is 0 Å². The summed E-state index contributed by atoms with van der Waals surface area (Å²) in [6.45, 7) is 11.8. The molecular weight excluding hydrogens is 246 g/mol. The molecule has 1 aliphatic carbocycles. The van der Waals surface area contributed by atoms with Crippen molar-refractivity contribution in [3.63, 3.8) is 0 Å². The summed E-state index contributed by atoms with van der Waals surface area (Å²) in [5, 5.41) is 0. The van der Waals surface area contributed by atoms with Crippen LogP contribution in [0.3, 0.4) is 0 Å². The van der Waals surface area contributed by atoms with Crippen LogP contribution in [0.2, 0.25) is 0 Å². The van der Waals surface area contributed by atoms with E-state index in [9.17, 15) is 4.79 Å². The lowest BCUT2D eigenvalue weighted by Gasteiger charge is -2.31. The average molecular weight is 281 g/mol. The molecule has 1 unspecified atom stereocenters. The third-order valence-corrected chi connectivity index (χ3v) is 4.99. The fourth-order valence-corrected chi connectivity index (χ4v) is 3.69. The van der Waals surface area contributed by atoms with E-state index >= 15 is 0 Å². The molecule has 2 nitrogen and oxygen atoms in total. The summed E-state index contributed by atoms with van der Waals surface area (Å²) in [6.07, 6.45) is 8.43. The van der Waals surface area contributed by atoms with E-state index in [1.54, 1.807) is 0 Å². The molecule has 1 atom stereocenters. The molecule has 0 bridgehead atoms. The molecule has 0 N–H and O–H groups in total. The van der Waals surface area contributed by atoms with E-state index < -0.39 is 0 Å². The van der Waals surface area contributed by atoms with Gasteiger partial charge in [0.25, 0.3) is 0 Å². The summed E-state index contributed by atoms with van der Waals surface area (Å²) in [4.78, 5) is 14.6. The van der Waals surface area contributed by atoms with Crippen LogP contribution in [0.5, 0.6) is 0 Å². The van der Waals surface area contributed by atoms with E-state index in [1.807, 2.05) is 13.8 Å². The van der Waals surface area contributed by atoms with Gasteiger partial charge in [-0.1, -0.05) is 47.5 Å². The summed E-state index contributed by atoms with van der Waals surface area (Å²) in [7, 11) is 0. The van der Waals surface area contributed by atoms with Crippen LogP contribution in [-0.2, 0) is 4.79 Å². The van der Waals surface area contributed by atoms with E-state index in [1.165, 1.54) is 38.5 Å². The predicted octanol–water partition coefficient (Wildman–Crippen LogP) is 4.88. The van der Waals surface area contributed by atoms with Crippen molar-refractivity contribution in [3.05, 3.63) is 0 Å². The number of likely N-dealkylation sites (tertiary alicyclic amines) is 1. The summed E-state index contributed by atoms with van der Waals surface area (Å²) < 4.78 is 0. The van der Waals surface area contributed by atoms with E-state index in [-0.39, 0.29) is 0 Å². The van der Waals surface area contributed by atoms with Gasteiger partial charge in [0.2, 0.25) is 5.91 Å². The quantitative estimate of drug-likeness (QED) is 0.722. The number of amides is 1. The second kappa shape index (κ2) is 8.69. The highest BCUT2D eigenvalue weighted by molar-refractivity contribution is 5.77. The fraction of sp³-hybridized carbons (Fsp3) is 0.944. The molecule has 20 heavy (non-hydrogen) atoms. The third-order valence-electron chi connectivity index (χ3n) is 4.99. The predicted molar refractivity (Wildman–Crippen MR) is 86.7 cm³/mol. The summed E-state index contributed by atoms with van der Waals surface area (Å²) >= 11 is 0. The zero-order valence-electron chi connectivity index (χ0n) is 14.3. The Morgan fingerprint density at radius 3 is 2.25 bits per heavy atom. The molecule has 0 spiro atoms. The SMILES string of the molecule is CC.CC1CCC(CC(=O)N2CCCC2C(C)C)CC1. The van der Waals surface area contributed by atoms with Crippen molar-refractivity contribution < 1.29 is 4.79 Å². The first kappa shape index (κ1) is 17.5. The van der Waals surface area contributed by atoms with Crippen molar-refractivity contribution in [2.45, 2.75) is 85.6 Å². The second-order valence-corrected chi connectivity index (χ2v) is 6.87. The number of carbonyl (C=O) groups is 1. The molecule has 1 saturated heterocycles. The number of nitrogens with zero attached hydrogens (tertiary/aromatic N) is 1.